The maximum Gasteiger partial charge on any atom is 0.254 e. The topological polar surface area (TPSA) is 84.7 Å². The van der Waals surface area contributed by atoms with Crippen LogP contribution >= 0.6 is 0 Å². The van der Waals surface area contributed by atoms with E-state index in [0.29, 0.717) is 11.5 Å². The summed E-state index contributed by atoms with van der Waals surface area (Å²) in [5.74, 6) is 1.26. The number of carbonyl (C=O) groups excluding carboxylic acids is 1. The molecule has 128 valence electrons. The summed E-state index contributed by atoms with van der Waals surface area (Å²) in [6.45, 7) is 7.55. The Morgan fingerprint density at radius 3 is 3.00 bits per heavy atom. The van der Waals surface area contributed by atoms with Gasteiger partial charge >= 0.3 is 0 Å². The number of hydrogen-bond donors (Lipinski definition) is 2. The number of nitrogens with one attached hydrogen (secondary N) is 2. The first-order chi connectivity index (χ1) is 11.5. The van der Waals surface area contributed by atoms with E-state index < -0.39 is 0 Å². The lowest BCUT2D eigenvalue weighted by atomic mass is 9.94. The highest BCUT2D eigenvalue weighted by atomic mass is 16.1. The molecule has 2 aromatic rings. The van der Waals surface area contributed by atoms with Crippen LogP contribution in [-0.2, 0) is 13.0 Å². The van der Waals surface area contributed by atoms with Crippen molar-refractivity contribution in [1.82, 2.24) is 25.1 Å². The summed E-state index contributed by atoms with van der Waals surface area (Å²) in [6, 6.07) is 2.06. The maximum atomic E-state index is 12.3. The van der Waals surface area contributed by atoms with Gasteiger partial charge in [-0.3, -0.25) is 9.48 Å². The Morgan fingerprint density at radius 2 is 2.25 bits per heavy atom. The van der Waals surface area contributed by atoms with Crippen molar-refractivity contribution in [2.75, 3.05) is 11.9 Å². The first-order valence-corrected chi connectivity index (χ1v) is 8.41. The van der Waals surface area contributed by atoms with Gasteiger partial charge in [-0.1, -0.05) is 0 Å². The number of fused-ring (bicyclic) bond motifs is 1. The lowest BCUT2D eigenvalue weighted by molar-refractivity contribution is 0.0941. The number of aryl methyl sites for hydroxylation is 2. The van der Waals surface area contributed by atoms with Crippen LogP contribution in [0.3, 0.4) is 0 Å². The highest BCUT2D eigenvalue weighted by Gasteiger charge is 2.25. The molecule has 0 saturated carbocycles. The number of nitrogens with zero attached hydrogens (tertiary/aromatic N) is 4. The average molecular weight is 328 g/mol. The monoisotopic (exact) mass is 328 g/mol. The van der Waals surface area contributed by atoms with E-state index in [1.807, 2.05) is 31.5 Å². The van der Waals surface area contributed by atoms with Gasteiger partial charge in [0.15, 0.2) is 0 Å². The maximum absolute atomic E-state index is 12.3. The Balaban J connectivity index is 1.65. The van der Waals surface area contributed by atoms with Gasteiger partial charge in [0.25, 0.3) is 5.91 Å². The van der Waals surface area contributed by atoms with Crippen LogP contribution in [0.25, 0.3) is 0 Å². The van der Waals surface area contributed by atoms with Crippen LogP contribution in [0.1, 0.15) is 42.0 Å². The molecule has 1 atom stereocenters. The van der Waals surface area contributed by atoms with E-state index in [9.17, 15) is 4.79 Å². The predicted molar refractivity (Wildman–Crippen MR) is 91.9 cm³/mol. The minimum atomic E-state index is -0.0358. The zero-order chi connectivity index (χ0) is 17.1. The van der Waals surface area contributed by atoms with Crippen LogP contribution in [0.15, 0.2) is 18.6 Å². The van der Waals surface area contributed by atoms with Gasteiger partial charge in [0.2, 0.25) is 0 Å². The molecular weight excluding hydrogens is 304 g/mol. The van der Waals surface area contributed by atoms with Crippen LogP contribution in [0.5, 0.6) is 0 Å². The normalized spacial score (nSPS) is 16.8. The van der Waals surface area contributed by atoms with E-state index in [1.165, 1.54) is 0 Å². The molecule has 3 heterocycles. The van der Waals surface area contributed by atoms with Crippen molar-refractivity contribution in [1.29, 1.82) is 0 Å². The molecule has 0 bridgehead atoms. The average Bonchev–Trinajstić information content (AvgIpc) is 2.95. The lowest BCUT2D eigenvalue weighted by Gasteiger charge is -2.24. The fraction of sp³-hybridized carbons (Fsp3) is 0.529. The molecule has 0 spiro atoms. The van der Waals surface area contributed by atoms with Gasteiger partial charge in [0.05, 0.1) is 17.5 Å². The number of aromatic nitrogens is 4. The molecule has 24 heavy (non-hydrogen) atoms. The molecule has 1 aliphatic heterocycles. The summed E-state index contributed by atoms with van der Waals surface area (Å²) in [5.41, 5.74) is 2.68. The van der Waals surface area contributed by atoms with Gasteiger partial charge in [-0.15, -0.1) is 0 Å². The quantitative estimate of drug-likeness (QED) is 0.874. The number of hydrogen-bond acceptors (Lipinski definition) is 5. The van der Waals surface area contributed by atoms with Crippen molar-refractivity contribution in [2.45, 2.75) is 46.2 Å². The van der Waals surface area contributed by atoms with Crippen molar-refractivity contribution in [3.8, 4) is 0 Å². The molecular formula is C17H24N6O. The zero-order valence-corrected chi connectivity index (χ0v) is 14.4. The summed E-state index contributed by atoms with van der Waals surface area (Å²) >= 11 is 0. The van der Waals surface area contributed by atoms with Crippen LogP contribution in [0, 0.1) is 12.8 Å². The summed E-state index contributed by atoms with van der Waals surface area (Å²) in [7, 11) is 0. The van der Waals surface area contributed by atoms with Crippen molar-refractivity contribution in [3.63, 3.8) is 0 Å². The van der Waals surface area contributed by atoms with Gasteiger partial charge in [-0.05, 0) is 39.5 Å². The van der Waals surface area contributed by atoms with E-state index in [4.69, 9.17) is 0 Å². The molecule has 1 unspecified atom stereocenters. The van der Waals surface area contributed by atoms with Crippen molar-refractivity contribution < 1.29 is 4.79 Å². The second kappa shape index (κ2) is 6.98. The van der Waals surface area contributed by atoms with Crippen LogP contribution < -0.4 is 10.6 Å². The fourth-order valence-corrected chi connectivity index (χ4v) is 3.00. The smallest absolute Gasteiger partial charge is 0.254 e. The van der Waals surface area contributed by atoms with Gasteiger partial charge < -0.3 is 10.6 Å². The molecule has 7 nitrogen and oxygen atoms in total. The Morgan fingerprint density at radius 1 is 1.42 bits per heavy atom. The highest BCUT2D eigenvalue weighted by molar-refractivity contribution is 5.95. The third-order valence-corrected chi connectivity index (χ3v) is 4.22. The van der Waals surface area contributed by atoms with Crippen LogP contribution in [0.4, 0.5) is 5.82 Å². The van der Waals surface area contributed by atoms with E-state index in [1.54, 1.807) is 12.5 Å². The molecule has 2 N–H and O–H groups in total. The van der Waals surface area contributed by atoms with Gasteiger partial charge in [0.1, 0.15) is 12.1 Å². The Kier molecular flexibility index (Phi) is 4.78. The zero-order valence-electron chi connectivity index (χ0n) is 14.4. The van der Waals surface area contributed by atoms with E-state index >= 15 is 0 Å². The highest BCUT2D eigenvalue weighted by Crippen LogP contribution is 2.23. The van der Waals surface area contributed by atoms with Gasteiger partial charge in [-0.25, -0.2) is 9.97 Å². The summed E-state index contributed by atoms with van der Waals surface area (Å²) in [4.78, 5) is 20.7. The largest absolute Gasteiger partial charge is 0.370 e. The summed E-state index contributed by atoms with van der Waals surface area (Å²) in [6.07, 6.45) is 5.15. The minimum absolute atomic E-state index is 0.0358. The molecule has 1 amide bonds. The minimum Gasteiger partial charge on any atom is -0.370 e. The number of rotatable bonds is 5. The first kappa shape index (κ1) is 16.4. The molecule has 7 heteroatoms. The first-order valence-electron chi connectivity index (χ1n) is 8.41. The lowest BCUT2D eigenvalue weighted by Crippen LogP contribution is -2.32. The number of carbonyl (C=O) groups is 1. The predicted octanol–water partition coefficient (Wildman–Crippen LogP) is 1.79. The molecule has 0 saturated heterocycles. The Labute approximate surface area is 141 Å². The summed E-state index contributed by atoms with van der Waals surface area (Å²) in [5, 5.41) is 10.7. The molecule has 3 rings (SSSR count). The molecule has 2 aromatic heterocycles. The summed E-state index contributed by atoms with van der Waals surface area (Å²) < 4.78 is 1.96. The van der Waals surface area contributed by atoms with E-state index in [0.717, 1.165) is 43.1 Å². The number of anilines is 1. The standard InChI is InChI=1S/C17H24N6O/c1-11(2)22-17(24)14-9-21-23-5-4-13(7-15(14)23)8-18-16-6-12(3)19-10-20-16/h6,9-11,13H,4-5,7-8H2,1-3H3,(H,22,24)(H,18,19,20). The van der Waals surface area contributed by atoms with Crippen molar-refractivity contribution in [2.24, 2.45) is 5.92 Å². The molecule has 0 fully saturated rings. The van der Waals surface area contributed by atoms with Crippen LogP contribution in [0.2, 0.25) is 0 Å². The fourth-order valence-electron chi connectivity index (χ4n) is 3.00. The third-order valence-electron chi connectivity index (χ3n) is 4.22. The second-order valence-corrected chi connectivity index (χ2v) is 6.64. The molecule has 0 aliphatic carbocycles. The number of amides is 1. The van der Waals surface area contributed by atoms with Crippen molar-refractivity contribution in [3.05, 3.63) is 35.5 Å². The van der Waals surface area contributed by atoms with E-state index in [2.05, 4.69) is 25.7 Å². The Hall–Kier alpha value is -2.44. The van der Waals surface area contributed by atoms with Crippen LogP contribution in [-0.4, -0.2) is 38.2 Å². The SMILES string of the molecule is Cc1cc(NCC2CCn3ncc(C(=O)NC(C)C)c3C2)ncn1. The Bertz CT molecular complexity index is 724. The van der Waals surface area contributed by atoms with E-state index in [-0.39, 0.29) is 11.9 Å². The molecule has 0 aromatic carbocycles. The van der Waals surface area contributed by atoms with Gasteiger partial charge in [-0.2, -0.15) is 5.10 Å². The second-order valence-electron chi connectivity index (χ2n) is 6.64. The third kappa shape index (κ3) is 3.72. The molecule has 1 aliphatic rings. The molecule has 0 radical (unpaired) electrons. The van der Waals surface area contributed by atoms with Gasteiger partial charge in [0, 0.05) is 30.9 Å². The van der Waals surface area contributed by atoms with Crippen molar-refractivity contribution >= 4 is 11.7 Å².